The monoisotopic (exact) mass is 234 g/mol. The molecule has 2 aromatic heterocycles. The van der Waals surface area contributed by atoms with Gasteiger partial charge in [-0.05, 0) is 24.3 Å². The lowest BCUT2D eigenvalue weighted by molar-refractivity contribution is 0.672. The van der Waals surface area contributed by atoms with E-state index in [1.807, 2.05) is 42.5 Å². The molecule has 4 rings (SSSR count). The third-order valence-corrected chi connectivity index (χ3v) is 3.26. The van der Waals surface area contributed by atoms with Crippen molar-refractivity contribution < 1.29 is 4.42 Å². The summed E-state index contributed by atoms with van der Waals surface area (Å²) in [7, 11) is 0. The second-order valence-electron chi connectivity index (χ2n) is 4.34. The molecular formula is C15H10N2O. The van der Waals surface area contributed by atoms with Gasteiger partial charge in [0.1, 0.15) is 11.2 Å². The third-order valence-electron chi connectivity index (χ3n) is 3.26. The molecule has 4 aromatic rings. The van der Waals surface area contributed by atoms with Crippen LogP contribution in [-0.2, 0) is 0 Å². The normalized spacial score (nSPS) is 11.6. The number of pyridine rings is 1. The number of hydrogen-bond acceptors (Lipinski definition) is 3. The van der Waals surface area contributed by atoms with Crippen LogP contribution in [-0.4, -0.2) is 4.98 Å². The SMILES string of the molecule is Nc1cc2c3ccccc3oc2c2cccnc12. The number of aromatic nitrogens is 1. The zero-order valence-electron chi connectivity index (χ0n) is 9.55. The van der Waals surface area contributed by atoms with Gasteiger partial charge < -0.3 is 10.2 Å². The number of rotatable bonds is 0. The van der Waals surface area contributed by atoms with Crippen molar-refractivity contribution >= 4 is 38.5 Å². The van der Waals surface area contributed by atoms with E-state index in [4.69, 9.17) is 10.2 Å². The molecule has 0 atom stereocenters. The summed E-state index contributed by atoms with van der Waals surface area (Å²) in [5.41, 5.74) is 9.28. The number of para-hydroxylation sites is 1. The van der Waals surface area contributed by atoms with Crippen LogP contribution >= 0.6 is 0 Å². The van der Waals surface area contributed by atoms with E-state index in [1.165, 1.54) is 0 Å². The first-order valence-electron chi connectivity index (χ1n) is 5.79. The number of nitrogens with two attached hydrogens (primary N) is 1. The maximum Gasteiger partial charge on any atom is 0.144 e. The van der Waals surface area contributed by atoms with Crippen molar-refractivity contribution in [1.29, 1.82) is 0 Å². The predicted molar refractivity (Wildman–Crippen MR) is 73.4 cm³/mol. The lowest BCUT2D eigenvalue weighted by Gasteiger charge is -2.01. The van der Waals surface area contributed by atoms with Crippen LogP contribution in [0, 0.1) is 0 Å². The molecule has 0 bridgehead atoms. The van der Waals surface area contributed by atoms with Crippen LogP contribution in [0.25, 0.3) is 32.8 Å². The van der Waals surface area contributed by atoms with Crippen molar-refractivity contribution in [3.8, 4) is 0 Å². The Kier molecular flexibility index (Phi) is 1.70. The van der Waals surface area contributed by atoms with Gasteiger partial charge in [0.25, 0.3) is 0 Å². The summed E-state index contributed by atoms with van der Waals surface area (Å²) in [4.78, 5) is 4.32. The Morgan fingerprint density at radius 3 is 2.72 bits per heavy atom. The number of nitrogens with zero attached hydrogens (tertiary/aromatic N) is 1. The van der Waals surface area contributed by atoms with E-state index in [1.54, 1.807) is 6.20 Å². The largest absolute Gasteiger partial charge is 0.455 e. The van der Waals surface area contributed by atoms with Gasteiger partial charge in [0, 0.05) is 22.4 Å². The van der Waals surface area contributed by atoms with Gasteiger partial charge in [0.05, 0.1) is 11.2 Å². The third kappa shape index (κ3) is 1.10. The Hall–Kier alpha value is -2.55. The zero-order valence-corrected chi connectivity index (χ0v) is 9.55. The highest BCUT2D eigenvalue weighted by molar-refractivity contribution is 6.17. The minimum absolute atomic E-state index is 0.685. The fourth-order valence-electron chi connectivity index (χ4n) is 2.45. The maximum absolute atomic E-state index is 6.07. The zero-order chi connectivity index (χ0) is 12.1. The highest BCUT2D eigenvalue weighted by atomic mass is 16.3. The minimum Gasteiger partial charge on any atom is -0.455 e. The van der Waals surface area contributed by atoms with E-state index >= 15 is 0 Å². The molecule has 2 N–H and O–H groups in total. The molecule has 0 fully saturated rings. The van der Waals surface area contributed by atoms with E-state index in [-0.39, 0.29) is 0 Å². The van der Waals surface area contributed by atoms with Gasteiger partial charge in [0.15, 0.2) is 0 Å². The van der Waals surface area contributed by atoms with Gasteiger partial charge in [-0.1, -0.05) is 18.2 Å². The predicted octanol–water partition coefficient (Wildman–Crippen LogP) is 3.72. The molecule has 0 saturated heterocycles. The number of hydrogen-bond donors (Lipinski definition) is 1. The first-order valence-corrected chi connectivity index (χ1v) is 5.79. The first kappa shape index (κ1) is 9.48. The summed E-state index contributed by atoms with van der Waals surface area (Å²) < 4.78 is 5.93. The topological polar surface area (TPSA) is 52.0 Å². The van der Waals surface area contributed by atoms with Crippen LogP contribution in [0.4, 0.5) is 5.69 Å². The Labute approximate surface area is 103 Å². The maximum atomic E-state index is 6.07. The fourth-order valence-corrected chi connectivity index (χ4v) is 2.45. The van der Waals surface area contributed by atoms with Crippen LogP contribution < -0.4 is 5.73 Å². The molecular weight excluding hydrogens is 224 g/mol. The van der Waals surface area contributed by atoms with Crippen LogP contribution in [0.3, 0.4) is 0 Å². The summed E-state index contributed by atoms with van der Waals surface area (Å²) >= 11 is 0. The summed E-state index contributed by atoms with van der Waals surface area (Å²) in [6, 6.07) is 13.8. The molecule has 0 aliphatic heterocycles. The van der Waals surface area contributed by atoms with Gasteiger partial charge in [-0.15, -0.1) is 0 Å². The number of furan rings is 1. The van der Waals surface area contributed by atoms with E-state index in [2.05, 4.69) is 4.98 Å². The molecule has 3 heteroatoms. The van der Waals surface area contributed by atoms with E-state index in [9.17, 15) is 0 Å². The van der Waals surface area contributed by atoms with Crippen molar-refractivity contribution in [2.45, 2.75) is 0 Å². The Morgan fingerprint density at radius 2 is 1.78 bits per heavy atom. The summed E-state index contributed by atoms with van der Waals surface area (Å²) in [5.74, 6) is 0. The van der Waals surface area contributed by atoms with Crippen molar-refractivity contribution in [3.05, 3.63) is 48.7 Å². The number of nitrogen functional groups attached to an aromatic ring is 1. The number of anilines is 1. The van der Waals surface area contributed by atoms with Gasteiger partial charge in [0.2, 0.25) is 0 Å². The van der Waals surface area contributed by atoms with Crippen LogP contribution in [0.2, 0.25) is 0 Å². The highest BCUT2D eigenvalue weighted by Gasteiger charge is 2.12. The molecule has 0 spiro atoms. The van der Waals surface area contributed by atoms with Gasteiger partial charge >= 0.3 is 0 Å². The van der Waals surface area contributed by atoms with E-state index in [0.717, 1.165) is 32.8 Å². The minimum atomic E-state index is 0.685. The highest BCUT2D eigenvalue weighted by Crippen LogP contribution is 2.35. The molecule has 0 aliphatic carbocycles. The molecule has 2 aromatic carbocycles. The van der Waals surface area contributed by atoms with Crippen LogP contribution in [0.15, 0.2) is 53.1 Å². The molecule has 86 valence electrons. The number of benzene rings is 2. The molecule has 0 unspecified atom stereocenters. The van der Waals surface area contributed by atoms with Gasteiger partial charge in [-0.25, -0.2) is 0 Å². The molecule has 0 aliphatic rings. The average molecular weight is 234 g/mol. The molecule has 18 heavy (non-hydrogen) atoms. The number of fused-ring (bicyclic) bond motifs is 5. The molecule has 0 radical (unpaired) electrons. The first-order chi connectivity index (χ1) is 8.84. The van der Waals surface area contributed by atoms with Crippen LogP contribution in [0.5, 0.6) is 0 Å². The molecule has 2 heterocycles. The average Bonchev–Trinajstić information content (AvgIpc) is 2.78. The Balaban J connectivity index is 2.36. The van der Waals surface area contributed by atoms with E-state index in [0.29, 0.717) is 5.69 Å². The Bertz CT molecular complexity index is 893. The van der Waals surface area contributed by atoms with E-state index < -0.39 is 0 Å². The van der Waals surface area contributed by atoms with Gasteiger partial charge in [-0.2, -0.15) is 0 Å². The second kappa shape index (κ2) is 3.23. The van der Waals surface area contributed by atoms with Gasteiger partial charge in [-0.3, -0.25) is 4.98 Å². The van der Waals surface area contributed by atoms with Crippen molar-refractivity contribution in [1.82, 2.24) is 4.98 Å². The fraction of sp³-hybridized carbons (Fsp3) is 0. The summed E-state index contributed by atoms with van der Waals surface area (Å²) in [6.07, 6.45) is 1.74. The van der Waals surface area contributed by atoms with Crippen molar-refractivity contribution in [2.75, 3.05) is 5.73 Å². The van der Waals surface area contributed by atoms with Crippen molar-refractivity contribution in [3.63, 3.8) is 0 Å². The summed E-state index contributed by atoms with van der Waals surface area (Å²) in [6.45, 7) is 0. The lowest BCUT2D eigenvalue weighted by Crippen LogP contribution is -1.89. The van der Waals surface area contributed by atoms with Crippen molar-refractivity contribution in [2.24, 2.45) is 0 Å². The Morgan fingerprint density at radius 1 is 0.944 bits per heavy atom. The molecule has 3 nitrogen and oxygen atoms in total. The second-order valence-corrected chi connectivity index (χ2v) is 4.34. The standard InChI is InChI=1S/C15H10N2O/c16-12-8-11-9-4-1-2-6-13(9)18-15(11)10-5-3-7-17-14(10)12/h1-8H,16H2. The molecule has 0 amide bonds. The van der Waals surface area contributed by atoms with Crippen LogP contribution in [0.1, 0.15) is 0 Å². The lowest BCUT2D eigenvalue weighted by atomic mass is 10.1. The summed E-state index contributed by atoms with van der Waals surface area (Å²) in [5, 5.41) is 3.09. The smallest absolute Gasteiger partial charge is 0.144 e. The quantitative estimate of drug-likeness (QED) is 0.472. The molecule has 0 saturated carbocycles.